The van der Waals surface area contributed by atoms with E-state index in [0.717, 1.165) is 16.5 Å². The SMILES string of the molecule is CS(=O)(=O)c1ccc(-c2coc3ccc(-c4nnc(O)o4)cc23)cc1. The van der Waals surface area contributed by atoms with E-state index < -0.39 is 15.9 Å². The number of aromatic hydroxyl groups is 1. The summed E-state index contributed by atoms with van der Waals surface area (Å²) < 4.78 is 33.8. The lowest BCUT2D eigenvalue weighted by atomic mass is 10.0. The van der Waals surface area contributed by atoms with Crippen molar-refractivity contribution in [3.05, 3.63) is 48.7 Å². The van der Waals surface area contributed by atoms with Crippen LogP contribution in [0.4, 0.5) is 0 Å². The van der Waals surface area contributed by atoms with Crippen molar-refractivity contribution in [3.8, 4) is 28.7 Å². The van der Waals surface area contributed by atoms with E-state index in [2.05, 4.69) is 10.2 Å². The average Bonchev–Trinajstić information content (AvgIpc) is 3.19. The fraction of sp³-hybridized carbons (Fsp3) is 0.0588. The van der Waals surface area contributed by atoms with E-state index in [1.54, 1.807) is 42.7 Å². The molecule has 8 heteroatoms. The van der Waals surface area contributed by atoms with Crippen LogP contribution >= 0.6 is 0 Å². The van der Waals surface area contributed by atoms with E-state index in [9.17, 15) is 13.5 Å². The molecule has 4 aromatic rings. The molecule has 1 N–H and O–H groups in total. The monoisotopic (exact) mass is 356 g/mol. The molecule has 0 fully saturated rings. The fourth-order valence-electron chi connectivity index (χ4n) is 2.60. The summed E-state index contributed by atoms with van der Waals surface area (Å²) in [6.45, 7) is 0. The van der Waals surface area contributed by atoms with Crippen molar-refractivity contribution in [2.45, 2.75) is 4.90 Å². The van der Waals surface area contributed by atoms with Crippen molar-refractivity contribution in [1.82, 2.24) is 10.2 Å². The zero-order chi connectivity index (χ0) is 17.6. The molecule has 25 heavy (non-hydrogen) atoms. The lowest BCUT2D eigenvalue weighted by molar-refractivity contribution is 0.320. The maximum atomic E-state index is 11.6. The number of furan rings is 1. The van der Waals surface area contributed by atoms with Crippen LogP contribution in [0, 0.1) is 0 Å². The van der Waals surface area contributed by atoms with Crippen LogP contribution < -0.4 is 0 Å². The highest BCUT2D eigenvalue weighted by molar-refractivity contribution is 7.90. The molecule has 0 amide bonds. The zero-order valence-corrected chi connectivity index (χ0v) is 13.8. The molecule has 2 aromatic carbocycles. The molecular formula is C17H12N2O5S. The molecule has 0 saturated carbocycles. The van der Waals surface area contributed by atoms with E-state index in [4.69, 9.17) is 8.83 Å². The van der Waals surface area contributed by atoms with Gasteiger partial charge in [0.2, 0.25) is 0 Å². The van der Waals surface area contributed by atoms with Crippen molar-refractivity contribution < 1.29 is 22.4 Å². The van der Waals surface area contributed by atoms with E-state index in [1.165, 1.54) is 6.26 Å². The number of rotatable bonds is 3. The summed E-state index contributed by atoms with van der Waals surface area (Å²) in [4.78, 5) is 0.256. The number of benzene rings is 2. The van der Waals surface area contributed by atoms with Crippen molar-refractivity contribution in [2.75, 3.05) is 6.26 Å². The lowest BCUT2D eigenvalue weighted by Gasteiger charge is -2.02. The van der Waals surface area contributed by atoms with Gasteiger partial charge in [0.15, 0.2) is 9.84 Å². The van der Waals surface area contributed by atoms with Crippen LogP contribution in [0.15, 0.2) is 62.5 Å². The third-order valence-electron chi connectivity index (χ3n) is 3.83. The first-order chi connectivity index (χ1) is 11.9. The summed E-state index contributed by atoms with van der Waals surface area (Å²) in [5.41, 5.74) is 2.92. The first-order valence-electron chi connectivity index (χ1n) is 7.26. The molecule has 2 heterocycles. The highest BCUT2D eigenvalue weighted by Gasteiger charge is 2.14. The van der Waals surface area contributed by atoms with Gasteiger partial charge in [0.1, 0.15) is 5.58 Å². The minimum atomic E-state index is -3.25. The van der Waals surface area contributed by atoms with Crippen LogP contribution in [0.1, 0.15) is 0 Å². The second-order valence-electron chi connectivity index (χ2n) is 5.55. The van der Waals surface area contributed by atoms with Crippen molar-refractivity contribution in [1.29, 1.82) is 0 Å². The Morgan fingerprint density at radius 1 is 1.00 bits per heavy atom. The Hall–Kier alpha value is -3.13. The van der Waals surface area contributed by atoms with Crippen LogP contribution in [-0.4, -0.2) is 30.0 Å². The third-order valence-corrected chi connectivity index (χ3v) is 4.96. The van der Waals surface area contributed by atoms with Crippen LogP contribution in [0.3, 0.4) is 0 Å². The molecule has 0 spiro atoms. The number of fused-ring (bicyclic) bond motifs is 1. The zero-order valence-electron chi connectivity index (χ0n) is 13.0. The highest BCUT2D eigenvalue weighted by atomic mass is 32.2. The fourth-order valence-corrected chi connectivity index (χ4v) is 3.23. The van der Waals surface area contributed by atoms with Gasteiger partial charge in [-0.05, 0) is 35.9 Å². The highest BCUT2D eigenvalue weighted by Crippen LogP contribution is 2.34. The summed E-state index contributed by atoms with van der Waals surface area (Å²) in [6.07, 6.45) is 2.27. The van der Waals surface area contributed by atoms with Gasteiger partial charge in [-0.3, -0.25) is 0 Å². The molecular weight excluding hydrogens is 344 g/mol. The Bertz CT molecular complexity index is 1170. The molecule has 0 radical (unpaired) electrons. The second kappa shape index (κ2) is 5.45. The molecule has 0 aliphatic heterocycles. The van der Waals surface area contributed by atoms with Gasteiger partial charge in [0, 0.05) is 22.8 Å². The minimum absolute atomic E-state index is 0.193. The number of nitrogens with zero attached hydrogens (tertiary/aromatic N) is 2. The van der Waals surface area contributed by atoms with E-state index >= 15 is 0 Å². The molecule has 0 saturated heterocycles. The van der Waals surface area contributed by atoms with Crippen molar-refractivity contribution >= 4 is 20.8 Å². The minimum Gasteiger partial charge on any atom is -0.465 e. The van der Waals surface area contributed by atoms with Gasteiger partial charge < -0.3 is 13.9 Å². The Morgan fingerprint density at radius 2 is 1.72 bits per heavy atom. The molecule has 0 aliphatic rings. The number of aromatic nitrogens is 2. The van der Waals surface area contributed by atoms with Gasteiger partial charge >= 0.3 is 6.08 Å². The second-order valence-corrected chi connectivity index (χ2v) is 7.56. The standard InChI is InChI=1S/C17H12N2O5S/c1-25(21,22)12-5-2-10(3-6-12)14-9-23-15-7-4-11(8-13(14)15)16-18-19-17(20)24-16/h2-9H,1H3,(H,19,20). The normalized spacial score (nSPS) is 11.9. The summed E-state index contributed by atoms with van der Waals surface area (Å²) >= 11 is 0. The predicted octanol–water partition coefficient (Wildman–Crippen LogP) is 3.26. The van der Waals surface area contributed by atoms with Gasteiger partial charge in [0.05, 0.1) is 11.2 Å². The maximum Gasteiger partial charge on any atom is 0.412 e. The van der Waals surface area contributed by atoms with Crippen LogP contribution in [0.25, 0.3) is 33.6 Å². The molecule has 0 aliphatic carbocycles. The smallest absolute Gasteiger partial charge is 0.412 e. The molecule has 2 aromatic heterocycles. The Kier molecular flexibility index (Phi) is 3.36. The van der Waals surface area contributed by atoms with E-state index in [1.807, 2.05) is 6.07 Å². The van der Waals surface area contributed by atoms with Crippen LogP contribution in [0.2, 0.25) is 0 Å². The van der Waals surface area contributed by atoms with E-state index in [0.29, 0.717) is 11.1 Å². The predicted molar refractivity (Wildman–Crippen MR) is 89.7 cm³/mol. The summed E-state index contributed by atoms with van der Waals surface area (Å²) in [5.74, 6) is 0.193. The molecule has 0 bridgehead atoms. The molecule has 4 rings (SSSR count). The summed E-state index contributed by atoms with van der Waals surface area (Å²) in [6, 6.07) is 11.9. The topological polar surface area (TPSA) is 106 Å². The number of hydrogen-bond acceptors (Lipinski definition) is 7. The first-order valence-corrected chi connectivity index (χ1v) is 9.15. The summed E-state index contributed by atoms with van der Waals surface area (Å²) in [5, 5.41) is 17.2. The van der Waals surface area contributed by atoms with Crippen LogP contribution in [0.5, 0.6) is 6.08 Å². The Morgan fingerprint density at radius 3 is 2.36 bits per heavy atom. The number of sulfone groups is 1. The van der Waals surface area contributed by atoms with Crippen molar-refractivity contribution in [2.24, 2.45) is 0 Å². The van der Waals surface area contributed by atoms with E-state index in [-0.39, 0.29) is 10.8 Å². The van der Waals surface area contributed by atoms with Gasteiger partial charge in [0.25, 0.3) is 5.89 Å². The molecule has 126 valence electrons. The molecule has 0 unspecified atom stereocenters. The van der Waals surface area contributed by atoms with Crippen molar-refractivity contribution in [3.63, 3.8) is 0 Å². The largest absolute Gasteiger partial charge is 0.465 e. The molecule has 0 atom stereocenters. The third kappa shape index (κ3) is 2.76. The summed E-state index contributed by atoms with van der Waals surface area (Å²) in [7, 11) is -3.25. The van der Waals surface area contributed by atoms with Crippen LogP contribution in [-0.2, 0) is 9.84 Å². The Labute approximate surface area is 142 Å². The quantitative estimate of drug-likeness (QED) is 0.600. The van der Waals surface area contributed by atoms with Gasteiger partial charge in [-0.1, -0.05) is 17.2 Å². The average molecular weight is 356 g/mol. The Balaban J connectivity index is 1.82. The number of hydrogen-bond donors (Lipinski definition) is 1. The lowest BCUT2D eigenvalue weighted by Crippen LogP contribution is -1.96. The van der Waals surface area contributed by atoms with Gasteiger partial charge in [-0.2, -0.15) is 0 Å². The molecule has 7 nitrogen and oxygen atoms in total. The van der Waals surface area contributed by atoms with Gasteiger partial charge in [-0.25, -0.2) is 8.42 Å². The van der Waals surface area contributed by atoms with Gasteiger partial charge in [-0.15, -0.1) is 5.10 Å². The maximum absolute atomic E-state index is 11.6. The first kappa shape index (κ1) is 15.4.